The molecule has 2 amide bonds. The van der Waals surface area contributed by atoms with Gasteiger partial charge in [0.15, 0.2) is 0 Å². The summed E-state index contributed by atoms with van der Waals surface area (Å²) in [6.45, 7) is 1.97. The molecule has 230 valence electrons. The molecule has 8 nitrogen and oxygen atoms in total. The molecule has 1 atom stereocenters. The molecule has 0 saturated heterocycles. The molecule has 0 aliphatic heterocycles. The second kappa shape index (κ2) is 15.5. The van der Waals surface area contributed by atoms with Crippen LogP contribution in [-0.2, 0) is 32.6 Å². The number of hydrogen-bond acceptors (Lipinski definition) is 5. The van der Waals surface area contributed by atoms with Gasteiger partial charge in [-0.05, 0) is 66.1 Å². The number of benzene rings is 4. The Balaban J connectivity index is 1.79. The van der Waals surface area contributed by atoms with Crippen LogP contribution in [0.5, 0.6) is 5.75 Å². The van der Waals surface area contributed by atoms with Crippen molar-refractivity contribution in [2.75, 3.05) is 24.5 Å². The smallest absolute Gasteiger partial charge is 0.264 e. The van der Waals surface area contributed by atoms with Crippen LogP contribution in [0.3, 0.4) is 0 Å². The molecule has 44 heavy (non-hydrogen) atoms. The lowest BCUT2D eigenvalue weighted by atomic mass is 10.0. The standard InChI is InChI=1S/C34H36BrN3O5S/c1-3-21-36-34(40)32(23-26-11-6-4-7-12-26)37(24-27-13-10-14-28(35)22-27)33(39)25-38(29-17-19-30(43-2)20-18-29)44(41,42)31-15-8-5-9-16-31/h4-20,22,32H,3,21,23-25H2,1-2H3,(H,36,40)/t32-/m0/s1. The zero-order valence-electron chi connectivity index (χ0n) is 24.7. The van der Waals surface area contributed by atoms with Crippen molar-refractivity contribution in [3.8, 4) is 5.75 Å². The second-order valence-electron chi connectivity index (χ2n) is 10.2. The number of anilines is 1. The molecular formula is C34H36BrN3O5S. The molecule has 4 rings (SSSR count). The summed E-state index contributed by atoms with van der Waals surface area (Å²) >= 11 is 3.50. The first-order valence-electron chi connectivity index (χ1n) is 14.3. The third-order valence-corrected chi connectivity index (χ3v) is 9.31. The van der Waals surface area contributed by atoms with E-state index in [1.165, 1.54) is 24.1 Å². The van der Waals surface area contributed by atoms with Crippen LogP contribution in [0.25, 0.3) is 0 Å². The number of methoxy groups -OCH3 is 1. The Morgan fingerprint density at radius 2 is 1.50 bits per heavy atom. The average molecular weight is 679 g/mol. The van der Waals surface area contributed by atoms with Gasteiger partial charge in [0.1, 0.15) is 18.3 Å². The fraction of sp³-hybridized carbons (Fsp3) is 0.235. The lowest BCUT2D eigenvalue weighted by Gasteiger charge is -2.34. The van der Waals surface area contributed by atoms with Crippen molar-refractivity contribution in [1.29, 1.82) is 0 Å². The van der Waals surface area contributed by atoms with Gasteiger partial charge in [0.25, 0.3) is 10.0 Å². The summed E-state index contributed by atoms with van der Waals surface area (Å²) in [6, 6.07) is 30.5. The van der Waals surface area contributed by atoms with Crippen LogP contribution in [0.15, 0.2) is 119 Å². The summed E-state index contributed by atoms with van der Waals surface area (Å²) in [4.78, 5) is 29.7. The topological polar surface area (TPSA) is 96.0 Å². The maximum absolute atomic E-state index is 14.4. The number of nitrogens with zero attached hydrogens (tertiary/aromatic N) is 2. The molecule has 1 N–H and O–H groups in total. The predicted octanol–water partition coefficient (Wildman–Crippen LogP) is 5.82. The zero-order valence-corrected chi connectivity index (χ0v) is 27.1. The Bertz CT molecular complexity index is 1630. The summed E-state index contributed by atoms with van der Waals surface area (Å²) < 4.78 is 35.2. The van der Waals surface area contributed by atoms with Gasteiger partial charge in [-0.15, -0.1) is 0 Å². The molecule has 0 bridgehead atoms. The van der Waals surface area contributed by atoms with Crippen molar-refractivity contribution >= 4 is 43.5 Å². The number of halogens is 1. The van der Waals surface area contributed by atoms with Crippen LogP contribution in [0.1, 0.15) is 24.5 Å². The molecule has 0 fully saturated rings. The molecule has 10 heteroatoms. The van der Waals surface area contributed by atoms with Crippen molar-refractivity contribution in [2.45, 2.75) is 37.2 Å². The summed E-state index contributed by atoms with van der Waals surface area (Å²) in [5, 5.41) is 2.95. The third-order valence-electron chi connectivity index (χ3n) is 7.03. The van der Waals surface area contributed by atoms with Gasteiger partial charge >= 0.3 is 0 Å². The first kappa shape index (κ1) is 32.8. The average Bonchev–Trinajstić information content (AvgIpc) is 3.05. The van der Waals surface area contributed by atoms with Crippen molar-refractivity contribution in [3.05, 3.63) is 125 Å². The Kier molecular flexibility index (Phi) is 11.6. The second-order valence-corrected chi connectivity index (χ2v) is 12.9. The fourth-order valence-electron chi connectivity index (χ4n) is 4.75. The number of rotatable bonds is 14. The van der Waals surface area contributed by atoms with Gasteiger partial charge in [-0.25, -0.2) is 8.42 Å². The van der Waals surface area contributed by atoms with Gasteiger partial charge in [-0.3, -0.25) is 13.9 Å². The molecule has 0 unspecified atom stereocenters. The van der Waals surface area contributed by atoms with Gasteiger partial charge in [0, 0.05) is 24.0 Å². The van der Waals surface area contributed by atoms with Gasteiger partial charge in [-0.2, -0.15) is 0 Å². The van der Waals surface area contributed by atoms with E-state index >= 15 is 0 Å². The lowest BCUT2D eigenvalue weighted by Crippen LogP contribution is -2.53. The molecule has 0 heterocycles. The number of nitrogens with one attached hydrogen (secondary N) is 1. The highest BCUT2D eigenvalue weighted by Crippen LogP contribution is 2.27. The van der Waals surface area contributed by atoms with E-state index in [0.717, 1.165) is 26.3 Å². The SMILES string of the molecule is CCCNC(=O)[C@H](Cc1ccccc1)N(Cc1cccc(Br)c1)C(=O)CN(c1ccc(OC)cc1)S(=O)(=O)c1ccccc1. The minimum Gasteiger partial charge on any atom is -0.497 e. The molecule has 4 aromatic carbocycles. The Morgan fingerprint density at radius 3 is 2.11 bits per heavy atom. The van der Waals surface area contributed by atoms with E-state index in [1.807, 2.05) is 61.5 Å². The van der Waals surface area contributed by atoms with E-state index in [1.54, 1.807) is 42.5 Å². The summed E-state index contributed by atoms with van der Waals surface area (Å²) in [5.41, 5.74) is 1.96. The number of carbonyl (C=O) groups excluding carboxylic acids is 2. The largest absolute Gasteiger partial charge is 0.497 e. The van der Waals surface area contributed by atoms with E-state index in [2.05, 4.69) is 21.2 Å². The molecule has 4 aromatic rings. The quantitative estimate of drug-likeness (QED) is 0.182. The number of ether oxygens (including phenoxy) is 1. The third kappa shape index (κ3) is 8.48. The van der Waals surface area contributed by atoms with Crippen molar-refractivity contribution in [3.63, 3.8) is 0 Å². The van der Waals surface area contributed by atoms with Crippen LogP contribution < -0.4 is 14.4 Å². The van der Waals surface area contributed by atoms with E-state index in [9.17, 15) is 18.0 Å². The van der Waals surface area contributed by atoms with Gasteiger partial charge < -0.3 is 15.0 Å². The minimum atomic E-state index is -4.16. The molecule has 0 aliphatic carbocycles. The van der Waals surface area contributed by atoms with E-state index in [4.69, 9.17) is 4.74 Å². The van der Waals surface area contributed by atoms with Crippen molar-refractivity contribution in [1.82, 2.24) is 10.2 Å². The number of amides is 2. The van der Waals surface area contributed by atoms with Gasteiger partial charge in [-0.1, -0.05) is 83.5 Å². The Labute approximate surface area is 267 Å². The summed E-state index contributed by atoms with van der Waals surface area (Å²) in [7, 11) is -2.64. The lowest BCUT2D eigenvalue weighted by molar-refractivity contribution is -0.140. The minimum absolute atomic E-state index is 0.0451. The maximum atomic E-state index is 14.4. The molecule has 0 aliphatic rings. The Morgan fingerprint density at radius 1 is 0.864 bits per heavy atom. The predicted molar refractivity (Wildman–Crippen MR) is 176 cm³/mol. The van der Waals surface area contributed by atoms with Gasteiger partial charge in [0.05, 0.1) is 17.7 Å². The molecule has 0 spiro atoms. The van der Waals surface area contributed by atoms with Crippen LogP contribution in [0.2, 0.25) is 0 Å². The first-order chi connectivity index (χ1) is 21.2. The van der Waals surface area contributed by atoms with Crippen LogP contribution in [0.4, 0.5) is 5.69 Å². The first-order valence-corrected chi connectivity index (χ1v) is 16.5. The highest BCUT2D eigenvalue weighted by Gasteiger charge is 2.34. The normalized spacial score (nSPS) is 11.8. The molecule has 0 radical (unpaired) electrons. The highest BCUT2D eigenvalue weighted by atomic mass is 79.9. The fourth-order valence-corrected chi connectivity index (χ4v) is 6.63. The highest BCUT2D eigenvalue weighted by molar-refractivity contribution is 9.10. The monoisotopic (exact) mass is 677 g/mol. The van der Waals surface area contributed by atoms with Crippen molar-refractivity contribution in [2.24, 2.45) is 0 Å². The summed E-state index contributed by atoms with van der Waals surface area (Å²) in [5.74, 6) is -0.280. The summed E-state index contributed by atoms with van der Waals surface area (Å²) in [6.07, 6.45) is 0.980. The zero-order chi connectivity index (χ0) is 31.5. The Hall–Kier alpha value is -4.15. The molecule has 0 aromatic heterocycles. The van der Waals surface area contributed by atoms with E-state index in [0.29, 0.717) is 18.0 Å². The molecular weight excluding hydrogens is 642 g/mol. The number of hydrogen-bond donors (Lipinski definition) is 1. The number of carbonyl (C=O) groups is 2. The van der Waals surface area contributed by atoms with Crippen molar-refractivity contribution < 1.29 is 22.7 Å². The van der Waals surface area contributed by atoms with Crippen LogP contribution >= 0.6 is 15.9 Å². The van der Waals surface area contributed by atoms with E-state index < -0.39 is 28.5 Å². The van der Waals surface area contributed by atoms with Gasteiger partial charge in [0.2, 0.25) is 11.8 Å². The van der Waals surface area contributed by atoms with E-state index in [-0.39, 0.29) is 23.8 Å². The van der Waals surface area contributed by atoms with Crippen LogP contribution in [0, 0.1) is 0 Å². The molecule has 0 saturated carbocycles. The van der Waals surface area contributed by atoms with Crippen LogP contribution in [-0.4, -0.2) is 51.4 Å². The number of sulfonamides is 1. The maximum Gasteiger partial charge on any atom is 0.264 e.